The van der Waals surface area contributed by atoms with Crippen molar-refractivity contribution >= 4 is 5.96 Å². The molecule has 4 nitrogen and oxygen atoms in total. The lowest BCUT2D eigenvalue weighted by molar-refractivity contribution is 0.237. The molecule has 70 valence electrons. The van der Waals surface area contributed by atoms with E-state index in [1.165, 1.54) is 0 Å². The third-order valence-corrected chi connectivity index (χ3v) is 1.98. The third kappa shape index (κ3) is 2.37. The highest BCUT2D eigenvalue weighted by Crippen LogP contribution is 1.96. The van der Waals surface area contributed by atoms with E-state index in [4.69, 9.17) is 5.11 Å². The summed E-state index contributed by atoms with van der Waals surface area (Å²) in [6.45, 7) is 4.90. The smallest absolute Gasteiger partial charge is 0.193 e. The van der Waals surface area contributed by atoms with E-state index in [0.717, 1.165) is 25.6 Å². The molecule has 4 heteroatoms. The molecular weight excluding hydrogens is 154 g/mol. The molecule has 0 aromatic rings. The number of hydrogen-bond donors (Lipinski definition) is 2. The quantitative estimate of drug-likeness (QED) is 0.602. The summed E-state index contributed by atoms with van der Waals surface area (Å²) in [5.41, 5.74) is 0. The first kappa shape index (κ1) is 9.32. The van der Waals surface area contributed by atoms with Crippen LogP contribution in [-0.4, -0.2) is 49.3 Å². The van der Waals surface area contributed by atoms with Gasteiger partial charge in [0.15, 0.2) is 5.96 Å². The van der Waals surface area contributed by atoms with Crippen LogP contribution in [0.3, 0.4) is 0 Å². The third-order valence-electron chi connectivity index (χ3n) is 1.98. The Kier molecular flexibility index (Phi) is 3.34. The van der Waals surface area contributed by atoms with Crippen LogP contribution >= 0.6 is 0 Å². The number of likely N-dealkylation sites (N-methyl/N-ethyl adjacent to an activating group) is 1. The van der Waals surface area contributed by atoms with Crippen molar-refractivity contribution in [3.8, 4) is 0 Å². The Labute approximate surface area is 73.3 Å². The summed E-state index contributed by atoms with van der Waals surface area (Å²) in [6, 6.07) is 0. The van der Waals surface area contributed by atoms with Crippen LogP contribution in [0, 0.1) is 5.92 Å². The molecule has 12 heavy (non-hydrogen) atoms. The van der Waals surface area contributed by atoms with Gasteiger partial charge >= 0.3 is 0 Å². The lowest BCUT2D eigenvalue weighted by Gasteiger charge is -2.16. The molecular formula is C8H17N3O. The van der Waals surface area contributed by atoms with Crippen LogP contribution in [0.1, 0.15) is 6.92 Å². The molecule has 0 saturated carbocycles. The van der Waals surface area contributed by atoms with E-state index in [2.05, 4.69) is 15.2 Å². The SMILES string of the molecule is CC(CO)CNC1=NCCN1C. The molecule has 0 fully saturated rings. The molecule has 1 heterocycles. The van der Waals surface area contributed by atoms with Gasteiger partial charge in [-0.3, -0.25) is 4.99 Å². The lowest BCUT2D eigenvalue weighted by atomic mass is 10.2. The van der Waals surface area contributed by atoms with Crippen molar-refractivity contribution in [2.45, 2.75) is 6.92 Å². The fraction of sp³-hybridized carbons (Fsp3) is 0.875. The fourth-order valence-corrected chi connectivity index (χ4v) is 1.05. The van der Waals surface area contributed by atoms with Crippen molar-refractivity contribution in [3.05, 3.63) is 0 Å². The molecule has 0 aliphatic carbocycles. The highest BCUT2D eigenvalue weighted by atomic mass is 16.3. The van der Waals surface area contributed by atoms with Crippen molar-refractivity contribution < 1.29 is 5.11 Å². The number of aliphatic hydroxyl groups is 1. The number of rotatable bonds is 3. The van der Waals surface area contributed by atoms with Gasteiger partial charge in [-0.05, 0) is 5.92 Å². The van der Waals surface area contributed by atoms with Gasteiger partial charge in [-0.15, -0.1) is 0 Å². The Hall–Kier alpha value is -0.770. The average molecular weight is 171 g/mol. The molecule has 0 radical (unpaired) electrons. The summed E-state index contributed by atoms with van der Waals surface area (Å²) in [5.74, 6) is 1.25. The molecule has 1 aliphatic heterocycles. The molecule has 1 rings (SSSR count). The van der Waals surface area contributed by atoms with Crippen LogP contribution < -0.4 is 5.32 Å². The van der Waals surface area contributed by atoms with Crippen LogP contribution in [0.5, 0.6) is 0 Å². The number of guanidine groups is 1. The van der Waals surface area contributed by atoms with Crippen molar-refractivity contribution in [3.63, 3.8) is 0 Å². The zero-order chi connectivity index (χ0) is 8.97. The van der Waals surface area contributed by atoms with Crippen molar-refractivity contribution in [1.29, 1.82) is 0 Å². The predicted octanol–water partition coefficient (Wildman–Crippen LogP) is -0.494. The molecule has 1 atom stereocenters. The van der Waals surface area contributed by atoms with E-state index in [1.54, 1.807) is 0 Å². The van der Waals surface area contributed by atoms with Crippen molar-refractivity contribution in [1.82, 2.24) is 10.2 Å². The molecule has 1 aliphatic rings. The number of nitrogens with zero attached hydrogens (tertiary/aromatic N) is 2. The van der Waals surface area contributed by atoms with Gasteiger partial charge < -0.3 is 15.3 Å². The largest absolute Gasteiger partial charge is 0.396 e. The Morgan fingerprint density at radius 2 is 2.50 bits per heavy atom. The molecule has 0 spiro atoms. The van der Waals surface area contributed by atoms with Gasteiger partial charge in [-0.1, -0.05) is 6.92 Å². The topological polar surface area (TPSA) is 47.9 Å². The van der Waals surface area contributed by atoms with Gasteiger partial charge in [-0.25, -0.2) is 0 Å². The van der Waals surface area contributed by atoms with E-state index in [1.807, 2.05) is 14.0 Å². The second kappa shape index (κ2) is 4.30. The summed E-state index contributed by atoms with van der Waals surface area (Å²) in [6.07, 6.45) is 0. The molecule has 0 bridgehead atoms. The fourth-order valence-electron chi connectivity index (χ4n) is 1.05. The molecule has 0 aromatic carbocycles. The number of nitrogens with one attached hydrogen (secondary N) is 1. The van der Waals surface area contributed by atoms with Crippen LogP contribution in [0.25, 0.3) is 0 Å². The highest BCUT2D eigenvalue weighted by Gasteiger charge is 2.11. The first-order valence-corrected chi connectivity index (χ1v) is 4.34. The monoisotopic (exact) mass is 171 g/mol. The maximum Gasteiger partial charge on any atom is 0.193 e. The highest BCUT2D eigenvalue weighted by molar-refractivity contribution is 5.81. The Balaban J connectivity index is 2.22. The molecule has 0 amide bonds. The Bertz CT molecular complexity index is 170. The second-order valence-corrected chi connectivity index (χ2v) is 3.30. The van der Waals surface area contributed by atoms with Crippen LogP contribution in [-0.2, 0) is 0 Å². The van der Waals surface area contributed by atoms with Gasteiger partial charge in [0.05, 0.1) is 6.54 Å². The Morgan fingerprint density at radius 1 is 1.75 bits per heavy atom. The van der Waals surface area contributed by atoms with E-state index >= 15 is 0 Å². The molecule has 1 unspecified atom stereocenters. The zero-order valence-electron chi connectivity index (χ0n) is 7.75. The maximum atomic E-state index is 8.78. The van der Waals surface area contributed by atoms with Crippen molar-refractivity contribution in [2.75, 3.05) is 33.3 Å². The minimum atomic E-state index is 0.226. The van der Waals surface area contributed by atoms with E-state index < -0.39 is 0 Å². The molecule has 0 aromatic heterocycles. The maximum absolute atomic E-state index is 8.78. The first-order valence-electron chi connectivity index (χ1n) is 4.34. The molecule has 2 N–H and O–H groups in total. The van der Waals surface area contributed by atoms with Crippen LogP contribution in [0.15, 0.2) is 4.99 Å². The summed E-state index contributed by atoms with van der Waals surface area (Å²) in [5, 5.41) is 12.0. The zero-order valence-corrected chi connectivity index (χ0v) is 7.75. The van der Waals surface area contributed by atoms with Crippen molar-refractivity contribution in [2.24, 2.45) is 10.9 Å². The van der Waals surface area contributed by atoms with Crippen LogP contribution in [0.2, 0.25) is 0 Å². The van der Waals surface area contributed by atoms with Crippen LogP contribution in [0.4, 0.5) is 0 Å². The first-order chi connectivity index (χ1) is 5.74. The average Bonchev–Trinajstić information content (AvgIpc) is 2.47. The van der Waals surface area contributed by atoms with E-state index in [9.17, 15) is 0 Å². The molecule has 0 saturated heterocycles. The van der Waals surface area contributed by atoms with Gasteiger partial charge in [-0.2, -0.15) is 0 Å². The second-order valence-electron chi connectivity index (χ2n) is 3.30. The normalized spacial score (nSPS) is 19.2. The predicted molar refractivity (Wildman–Crippen MR) is 49.2 cm³/mol. The number of aliphatic hydroxyl groups excluding tert-OH is 1. The number of aliphatic imine (C=N–C) groups is 1. The van der Waals surface area contributed by atoms with Gasteiger partial charge in [0, 0.05) is 26.7 Å². The van der Waals surface area contributed by atoms with E-state index in [-0.39, 0.29) is 6.61 Å². The summed E-state index contributed by atoms with van der Waals surface area (Å²) in [4.78, 5) is 6.36. The Morgan fingerprint density at radius 3 is 3.00 bits per heavy atom. The summed E-state index contributed by atoms with van der Waals surface area (Å²) >= 11 is 0. The minimum Gasteiger partial charge on any atom is -0.396 e. The summed E-state index contributed by atoms with van der Waals surface area (Å²) in [7, 11) is 2.02. The van der Waals surface area contributed by atoms with Gasteiger partial charge in [0.25, 0.3) is 0 Å². The standard InChI is InChI=1S/C8H17N3O/c1-7(6-12)5-10-8-9-3-4-11(8)2/h7,12H,3-6H2,1-2H3,(H,9,10). The summed E-state index contributed by atoms with van der Waals surface area (Å²) < 4.78 is 0. The van der Waals surface area contributed by atoms with E-state index in [0.29, 0.717) is 5.92 Å². The van der Waals surface area contributed by atoms with Gasteiger partial charge in [0.1, 0.15) is 0 Å². The van der Waals surface area contributed by atoms with Gasteiger partial charge in [0.2, 0.25) is 0 Å². The minimum absolute atomic E-state index is 0.226. The lowest BCUT2D eigenvalue weighted by Crippen LogP contribution is -2.38. The number of hydrogen-bond acceptors (Lipinski definition) is 4.